The van der Waals surface area contributed by atoms with Crippen molar-refractivity contribution in [3.63, 3.8) is 0 Å². The first-order chi connectivity index (χ1) is 15.9. The second-order valence-corrected chi connectivity index (χ2v) is 12.3. The largest absolute Gasteiger partial charge is 0.348 e. The van der Waals surface area contributed by atoms with E-state index in [0.717, 1.165) is 60.8 Å². The number of nitrogens with one attached hydrogen (secondary N) is 1. The molecule has 1 amide bonds. The van der Waals surface area contributed by atoms with E-state index in [-0.39, 0.29) is 11.3 Å². The van der Waals surface area contributed by atoms with E-state index in [2.05, 4.69) is 66.0 Å². The smallest absolute Gasteiger partial charge is 0.226 e. The van der Waals surface area contributed by atoms with Crippen molar-refractivity contribution in [2.24, 2.45) is 23.2 Å². The number of amides is 1. The van der Waals surface area contributed by atoms with E-state index in [4.69, 9.17) is 0 Å². The van der Waals surface area contributed by atoms with E-state index in [1.165, 1.54) is 36.1 Å². The van der Waals surface area contributed by atoms with Crippen LogP contribution in [-0.4, -0.2) is 25.9 Å². The number of carbonyl (C=O) groups is 1. The average molecular weight is 467 g/mol. The molecule has 33 heavy (non-hydrogen) atoms. The number of para-hydroxylation sites is 1. The van der Waals surface area contributed by atoms with Gasteiger partial charge in [-0.15, -0.1) is 10.2 Å². The van der Waals surface area contributed by atoms with Crippen LogP contribution in [0.15, 0.2) is 23.4 Å². The first-order valence-electron chi connectivity index (χ1n) is 12.9. The van der Waals surface area contributed by atoms with Gasteiger partial charge in [0, 0.05) is 10.7 Å². The molecular formula is C27H38N4OS. The minimum absolute atomic E-state index is 0.134. The molecule has 0 radical (unpaired) electrons. The molecule has 0 aliphatic heterocycles. The Morgan fingerprint density at radius 2 is 1.82 bits per heavy atom. The Morgan fingerprint density at radius 1 is 1.15 bits per heavy atom. The Kier molecular flexibility index (Phi) is 6.32. The summed E-state index contributed by atoms with van der Waals surface area (Å²) in [7, 11) is 0. The van der Waals surface area contributed by atoms with Gasteiger partial charge in [0.05, 0.1) is 12.2 Å². The van der Waals surface area contributed by atoms with Crippen LogP contribution in [0.2, 0.25) is 0 Å². The van der Waals surface area contributed by atoms with E-state index < -0.39 is 0 Å². The summed E-state index contributed by atoms with van der Waals surface area (Å²) in [6.07, 6.45) is 9.34. The van der Waals surface area contributed by atoms with Crippen molar-refractivity contribution < 1.29 is 4.79 Å². The predicted octanol–water partition coefficient (Wildman–Crippen LogP) is 5.86. The summed E-state index contributed by atoms with van der Waals surface area (Å²) in [6.45, 7) is 9.22. The summed E-state index contributed by atoms with van der Waals surface area (Å²) < 4.78 is 2.21. The fraction of sp³-hybridized carbons (Fsp3) is 0.667. The van der Waals surface area contributed by atoms with E-state index >= 15 is 0 Å². The SMILES string of the molecule is CCc1cccc(C)c1-n1c(CNC(=O)C23CC4CC(CC(C4)C2)C3)nnc1S[C@@H](C)CC. The van der Waals surface area contributed by atoms with Gasteiger partial charge in [0.15, 0.2) is 11.0 Å². The van der Waals surface area contributed by atoms with E-state index in [0.29, 0.717) is 11.8 Å². The van der Waals surface area contributed by atoms with Gasteiger partial charge in [-0.1, -0.05) is 50.7 Å². The standard InChI is InChI=1S/C27H38N4OS/c1-5-18(4)33-26-30-29-23(31(26)24-17(3)8-7-9-22(24)6-2)16-28-25(32)27-13-19-10-20(14-27)12-21(11-19)15-27/h7-9,18-21H,5-6,10-16H2,1-4H3,(H,28,32)/t18-,19?,20?,21?,27?/m0/s1. The molecule has 1 aromatic heterocycles. The number of benzene rings is 1. The van der Waals surface area contributed by atoms with Crippen LogP contribution < -0.4 is 5.32 Å². The molecule has 2 aromatic rings. The van der Waals surface area contributed by atoms with E-state index in [9.17, 15) is 4.79 Å². The Labute approximate surface area is 202 Å². The van der Waals surface area contributed by atoms with Crippen molar-refractivity contribution in [3.05, 3.63) is 35.2 Å². The highest BCUT2D eigenvalue weighted by atomic mass is 32.2. The molecular weight excluding hydrogens is 428 g/mol. The highest BCUT2D eigenvalue weighted by Crippen LogP contribution is 2.60. The monoisotopic (exact) mass is 466 g/mol. The van der Waals surface area contributed by atoms with Crippen molar-refractivity contribution in [1.82, 2.24) is 20.1 Å². The molecule has 0 spiro atoms. The summed E-state index contributed by atoms with van der Waals surface area (Å²) in [5.41, 5.74) is 3.55. The lowest BCUT2D eigenvalue weighted by Crippen LogP contribution is -2.53. The van der Waals surface area contributed by atoms with Gasteiger partial charge in [0.25, 0.3) is 0 Å². The number of nitrogens with zero attached hydrogens (tertiary/aromatic N) is 3. The van der Waals surface area contributed by atoms with Crippen LogP contribution in [0.1, 0.15) is 82.7 Å². The van der Waals surface area contributed by atoms with Gasteiger partial charge in [-0.2, -0.15) is 0 Å². The van der Waals surface area contributed by atoms with E-state index in [1.54, 1.807) is 11.8 Å². The maximum atomic E-state index is 13.6. The van der Waals surface area contributed by atoms with Crippen LogP contribution in [0.5, 0.6) is 0 Å². The number of aromatic nitrogens is 3. The van der Waals surface area contributed by atoms with Crippen molar-refractivity contribution in [1.29, 1.82) is 0 Å². The molecule has 0 unspecified atom stereocenters. The van der Waals surface area contributed by atoms with Crippen LogP contribution >= 0.6 is 11.8 Å². The van der Waals surface area contributed by atoms with Gasteiger partial charge in [0.2, 0.25) is 5.91 Å². The number of aryl methyl sites for hydroxylation is 2. The molecule has 6 heteroatoms. The van der Waals surface area contributed by atoms with Gasteiger partial charge >= 0.3 is 0 Å². The highest BCUT2D eigenvalue weighted by molar-refractivity contribution is 7.99. The lowest BCUT2D eigenvalue weighted by Gasteiger charge is -2.55. The molecule has 1 atom stereocenters. The fourth-order valence-corrected chi connectivity index (χ4v) is 7.96. The molecule has 4 bridgehead atoms. The lowest BCUT2D eigenvalue weighted by atomic mass is 9.49. The van der Waals surface area contributed by atoms with Crippen LogP contribution in [0.25, 0.3) is 5.69 Å². The molecule has 5 nitrogen and oxygen atoms in total. The second kappa shape index (κ2) is 9.09. The van der Waals surface area contributed by atoms with Crippen LogP contribution in [-0.2, 0) is 17.8 Å². The zero-order valence-corrected chi connectivity index (χ0v) is 21.4. The van der Waals surface area contributed by atoms with Gasteiger partial charge in [-0.25, -0.2) is 0 Å². The number of hydrogen-bond donors (Lipinski definition) is 1. The quantitative estimate of drug-likeness (QED) is 0.495. The molecule has 4 fully saturated rings. The lowest BCUT2D eigenvalue weighted by molar-refractivity contribution is -0.146. The number of thioether (sulfide) groups is 1. The van der Waals surface area contributed by atoms with Crippen molar-refractivity contribution >= 4 is 17.7 Å². The summed E-state index contributed by atoms with van der Waals surface area (Å²) in [6, 6.07) is 6.47. The van der Waals surface area contributed by atoms with Crippen LogP contribution in [0.4, 0.5) is 0 Å². The van der Waals surface area contributed by atoms with Gasteiger partial charge < -0.3 is 5.32 Å². The maximum absolute atomic E-state index is 13.6. The Balaban J connectivity index is 1.42. The maximum Gasteiger partial charge on any atom is 0.226 e. The summed E-state index contributed by atoms with van der Waals surface area (Å²) in [5, 5.41) is 13.9. The van der Waals surface area contributed by atoms with Crippen molar-refractivity contribution in [3.8, 4) is 5.69 Å². The van der Waals surface area contributed by atoms with Gasteiger partial charge in [-0.05, 0) is 87.2 Å². The molecule has 4 aliphatic rings. The predicted molar refractivity (Wildman–Crippen MR) is 134 cm³/mol. The normalized spacial score (nSPS) is 28.8. The third-order valence-corrected chi connectivity index (χ3v) is 9.65. The molecule has 0 saturated heterocycles. The van der Waals surface area contributed by atoms with Gasteiger partial charge in [-0.3, -0.25) is 9.36 Å². The Hall–Kier alpha value is -1.82. The Morgan fingerprint density at radius 3 is 2.42 bits per heavy atom. The number of hydrogen-bond acceptors (Lipinski definition) is 4. The summed E-state index contributed by atoms with van der Waals surface area (Å²) >= 11 is 1.77. The minimum Gasteiger partial charge on any atom is -0.348 e. The topological polar surface area (TPSA) is 59.8 Å². The van der Waals surface area contributed by atoms with Crippen LogP contribution in [0.3, 0.4) is 0 Å². The first kappa shape index (κ1) is 22.9. The van der Waals surface area contributed by atoms with Gasteiger partial charge in [0.1, 0.15) is 0 Å². The van der Waals surface area contributed by atoms with Crippen molar-refractivity contribution in [2.45, 2.75) is 96.0 Å². The number of carbonyl (C=O) groups excluding carboxylic acids is 1. The molecule has 1 N–H and O–H groups in total. The minimum atomic E-state index is -0.134. The second-order valence-electron chi connectivity index (χ2n) is 10.9. The first-order valence-corrected chi connectivity index (χ1v) is 13.8. The van der Waals surface area contributed by atoms with E-state index in [1.807, 2.05) is 0 Å². The summed E-state index contributed by atoms with van der Waals surface area (Å²) in [4.78, 5) is 13.6. The van der Waals surface area contributed by atoms with Crippen LogP contribution in [0, 0.1) is 30.1 Å². The third kappa shape index (κ3) is 4.24. The Bertz CT molecular complexity index is 994. The average Bonchev–Trinajstić information content (AvgIpc) is 3.17. The molecule has 178 valence electrons. The number of rotatable bonds is 8. The molecule has 4 saturated carbocycles. The molecule has 4 aliphatic carbocycles. The highest BCUT2D eigenvalue weighted by Gasteiger charge is 2.54. The van der Waals surface area contributed by atoms with Crippen molar-refractivity contribution in [2.75, 3.05) is 0 Å². The fourth-order valence-electron chi connectivity index (χ4n) is 7.04. The molecule has 6 rings (SSSR count). The summed E-state index contributed by atoms with van der Waals surface area (Å²) in [5.74, 6) is 3.39. The molecule has 1 heterocycles. The third-order valence-electron chi connectivity index (χ3n) is 8.43. The molecule has 1 aromatic carbocycles. The zero-order chi connectivity index (χ0) is 23.2. The zero-order valence-electron chi connectivity index (χ0n) is 20.6.